The van der Waals surface area contributed by atoms with Crippen LogP contribution in [0.5, 0.6) is 0 Å². The van der Waals surface area contributed by atoms with E-state index in [1.807, 2.05) is 0 Å². The Hall–Kier alpha value is -2.17. The standard InChI is InChI=1S/C15H16N2O3/c1-9-5-4-6-10-12(9)15(20)17(14(10)19)11-7-2-3-8-16-13(11)18/h4-6,11H,2-3,7-8H2,1H3,(H,16,18)/t11-/m0/s1. The van der Waals surface area contributed by atoms with E-state index in [9.17, 15) is 14.4 Å². The van der Waals surface area contributed by atoms with E-state index >= 15 is 0 Å². The first-order chi connectivity index (χ1) is 9.61. The quantitative estimate of drug-likeness (QED) is 0.783. The highest BCUT2D eigenvalue weighted by atomic mass is 16.2. The third kappa shape index (κ3) is 1.81. The van der Waals surface area contributed by atoms with Crippen molar-refractivity contribution in [2.45, 2.75) is 32.2 Å². The highest BCUT2D eigenvalue weighted by Crippen LogP contribution is 2.29. The lowest BCUT2D eigenvalue weighted by atomic mass is 10.0. The van der Waals surface area contributed by atoms with Gasteiger partial charge in [0, 0.05) is 6.54 Å². The molecule has 104 valence electrons. The van der Waals surface area contributed by atoms with Gasteiger partial charge < -0.3 is 5.32 Å². The molecule has 0 spiro atoms. The summed E-state index contributed by atoms with van der Waals surface area (Å²) in [5, 5.41) is 2.77. The zero-order valence-corrected chi connectivity index (χ0v) is 11.3. The molecule has 5 heteroatoms. The Kier molecular flexibility index (Phi) is 3.04. The Morgan fingerprint density at radius 2 is 1.95 bits per heavy atom. The molecular weight excluding hydrogens is 256 g/mol. The summed E-state index contributed by atoms with van der Waals surface area (Å²) in [5.41, 5.74) is 1.62. The minimum Gasteiger partial charge on any atom is -0.354 e. The molecular formula is C15H16N2O3. The molecule has 2 heterocycles. The Morgan fingerprint density at radius 3 is 2.70 bits per heavy atom. The summed E-state index contributed by atoms with van der Waals surface area (Å²) in [6, 6.07) is 4.54. The molecule has 1 atom stereocenters. The number of carbonyl (C=O) groups is 3. The van der Waals surface area contributed by atoms with Gasteiger partial charge in [-0.25, -0.2) is 0 Å². The third-order valence-electron chi connectivity index (χ3n) is 3.97. The predicted octanol–water partition coefficient (Wildman–Crippen LogP) is 1.26. The monoisotopic (exact) mass is 272 g/mol. The lowest BCUT2D eigenvalue weighted by Gasteiger charge is -2.23. The van der Waals surface area contributed by atoms with E-state index in [0.717, 1.165) is 23.3 Å². The van der Waals surface area contributed by atoms with E-state index in [1.54, 1.807) is 25.1 Å². The molecule has 1 aromatic carbocycles. The molecule has 3 rings (SSSR count). The van der Waals surface area contributed by atoms with E-state index in [4.69, 9.17) is 0 Å². The largest absolute Gasteiger partial charge is 0.354 e. The summed E-state index contributed by atoms with van der Waals surface area (Å²) >= 11 is 0. The van der Waals surface area contributed by atoms with Crippen molar-refractivity contribution in [1.29, 1.82) is 0 Å². The molecule has 3 amide bonds. The Balaban J connectivity index is 2.01. The van der Waals surface area contributed by atoms with Crippen LogP contribution in [-0.2, 0) is 4.79 Å². The van der Waals surface area contributed by atoms with Crippen LogP contribution in [0, 0.1) is 6.92 Å². The average molecular weight is 272 g/mol. The van der Waals surface area contributed by atoms with Gasteiger partial charge in [-0.05, 0) is 37.8 Å². The molecule has 5 nitrogen and oxygen atoms in total. The molecule has 1 aromatic rings. The number of benzene rings is 1. The number of carbonyl (C=O) groups excluding carboxylic acids is 3. The van der Waals surface area contributed by atoms with Crippen LogP contribution in [0.1, 0.15) is 45.5 Å². The highest BCUT2D eigenvalue weighted by molar-refractivity contribution is 6.23. The smallest absolute Gasteiger partial charge is 0.262 e. The lowest BCUT2D eigenvalue weighted by Crippen LogP contribution is -2.48. The fourth-order valence-corrected chi connectivity index (χ4v) is 2.92. The number of nitrogens with one attached hydrogen (secondary N) is 1. The summed E-state index contributed by atoms with van der Waals surface area (Å²) in [5.74, 6) is -0.921. The molecule has 2 aliphatic heterocycles. The van der Waals surface area contributed by atoms with E-state index in [-0.39, 0.29) is 17.7 Å². The molecule has 0 unspecified atom stereocenters. The van der Waals surface area contributed by atoms with Gasteiger partial charge >= 0.3 is 0 Å². The highest BCUT2D eigenvalue weighted by Gasteiger charge is 2.43. The normalized spacial score (nSPS) is 22.6. The van der Waals surface area contributed by atoms with Gasteiger partial charge in [0.15, 0.2) is 0 Å². The maximum absolute atomic E-state index is 12.5. The summed E-state index contributed by atoms with van der Waals surface area (Å²) in [4.78, 5) is 38.2. The first-order valence-electron chi connectivity index (χ1n) is 6.86. The predicted molar refractivity (Wildman–Crippen MR) is 72.3 cm³/mol. The van der Waals surface area contributed by atoms with Gasteiger partial charge in [0.1, 0.15) is 6.04 Å². The Morgan fingerprint density at radius 1 is 1.15 bits per heavy atom. The van der Waals surface area contributed by atoms with Crippen LogP contribution >= 0.6 is 0 Å². The van der Waals surface area contributed by atoms with Crippen LogP contribution in [0.25, 0.3) is 0 Å². The van der Waals surface area contributed by atoms with Gasteiger partial charge in [-0.2, -0.15) is 0 Å². The van der Waals surface area contributed by atoms with Gasteiger partial charge in [-0.1, -0.05) is 12.1 Å². The molecule has 0 saturated carbocycles. The second-order valence-corrected chi connectivity index (χ2v) is 5.28. The zero-order valence-electron chi connectivity index (χ0n) is 11.3. The van der Waals surface area contributed by atoms with Crippen LogP contribution in [0.2, 0.25) is 0 Å². The summed E-state index contributed by atoms with van der Waals surface area (Å²) in [7, 11) is 0. The summed E-state index contributed by atoms with van der Waals surface area (Å²) in [6.07, 6.45) is 2.25. The van der Waals surface area contributed by atoms with Crippen molar-refractivity contribution < 1.29 is 14.4 Å². The molecule has 20 heavy (non-hydrogen) atoms. The number of amides is 3. The number of aryl methyl sites for hydroxylation is 1. The van der Waals surface area contributed by atoms with Crippen molar-refractivity contribution in [3.8, 4) is 0 Å². The second kappa shape index (κ2) is 4.74. The first-order valence-corrected chi connectivity index (χ1v) is 6.86. The van der Waals surface area contributed by atoms with E-state index in [0.29, 0.717) is 24.1 Å². The minimum absolute atomic E-state index is 0.227. The number of rotatable bonds is 1. The number of fused-ring (bicyclic) bond motifs is 1. The van der Waals surface area contributed by atoms with Crippen molar-refractivity contribution in [1.82, 2.24) is 10.2 Å². The van der Waals surface area contributed by atoms with Crippen LogP contribution in [-0.4, -0.2) is 35.2 Å². The molecule has 1 N–H and O–H groups in total. The Labute approximate surface area is 116 Å². The van der Waals surface area contributed by atoms with Gasteiger partial charge in [-0.15, -0.1) is 0 Å². The van der Waals surface area contributed by atoms with Crippen molar-refractivity contribution in [3.05, 3.63) is 34.9 Å². The van der Waals surface area contributed by atoms with Crippen molar-refractivity contribution in [2.24, 2.45) is 0 Å². The molecule has 1 saturated heterocycles. The fourth-order valence-electron chi connectivity index (χ4n) is 2.92. The minimum atomic E-state index is -0.677. The summed E-state index contributed by atoms with van der Waals surface area (Å²) in [6.45, 7) is 2.41. The fraction of sp³-hybridized carbons (Fsp3) is 0.400. The van der Waals surface area contributed by atoms with Crippen molar-refractivity contribution in [2.75, 3.05) is 6.54 Å². The second-order valence-electron chi connectivity index (χ2n) is 5.28. The van der Waals surface area contributed by atoms with Gasteiger partial charge in [-0.3, -0.25) is 19.3 Å². The van der Waals surface area contributed by atoms with E-state index < -0.39 is 6.04 Å². The maximum Gasteiger partial charge on any atom is 0.262 e. The Bertz CT molecular complexity index is 609. The topological polar surface area (TPSA) is 66.5 Å². The molecule has 1 fully saturated rings. The molecule has 0 aromatic heterocycles. The van der Waals surface area contributed by atoms with Gasteiger partial charge in [0.05, 0.1) is 11.1 Å². The summed E-state index contributed by atoms with van der Waals surface area (Å²) < 4.78 is 0. The molecule has 0 radical (unpaired) electrons. The first kappa shape index (κ1) is 12.8. The van der Waals surface area contributed by atoms with Crippen LogP contribution in [0.15, 0.2) is 18.2 Å². The van der Waals surface area contributed by atoms with E-state index in [2.05, 4.69) is 5.32 Å². The van der Waals surface area contributed by atoms with Crippen LogP contribution < -0.4 is 5.32 Å². The van der Waals surface area contributed by atoms with Gasteiger partial charge in [0.25, 0.3) is 11.8 Å². The third-order valence-corrected chi connectivity index (χ3v) is 3.97. The van der Waals surface area contributed by atoms with Crippen LogP contribution in [0.4, 0.5) is 0 Å². The number of hydrogen-bond donors (Lipinski definition) is 1. The molecule has 0 bridgehead atoms. The maximum atomic E-state index is 12.5. The van der Waals surface area contributed by atoms with E-state index in [1.165, 1.54) is 0 Å². The SMILES string of the molecule is Cc1cccc2c1C(=O)N([C@H]1CCCCNC1=O)C2=O. The lowest BCUT2D eigenvalue weighted by molar-refractivity contribution is -0.124. The molecule has 0 aliphatic carbocycles. The van der Waals surface area contributed by atoms with Gasteiger partial charge in [0.2, 0.25) is 5.91 Å². The zero-order chi connectivity index (χ0) is 14.3. The van der Waals surface area contributed by atoms with Crippen LogP contribution in [0.3, 0.4) is 0 Å². The molecule has 2 aliphatic rings. The average Bonchev–Trinajstić information content (AvgIpc) is 2.57. The number of hydrogen-bond acceptors (Lipinski definition) is 3. The van der Waals surface area contributed by atoms with Crippen molar-refractivity contribution in [3.63, 3.8) is 0 Å². The number of nitrogens with zero attached hydrogens (tertiary/aromatic N) is 1. The number of imide groups is 1. The van der Waals surface area contributed by atoms with Crippen molar-refractivity contribution >= 4 is 17.7 Å².